The molecule has 2 aromatic rings. The molecule has 28 heavy (non-hydrogen) atoms. The van der Waals surface area contributed by atoms with Crippen LogP contribution >= 0.6 is 22.6 Å². The molecule has 0 N–H and O–H groups in total. The Morgan fingerprint density at radius 3 is 2.18 bits per heavy atom. The second kappa shape index (κ2) is 8.50. The molecule has 1 aromatic heterocycles. The van der Waals surface area contributed by atoms with Gasteiger partial charge < -0.3 is 9.80 Å². The van der Waals surface area contributed by atoms with Gasteiger partial charge in [-0.05, 0) is 72.2 Å². The lowest BCUT2D eigenvalue weighted by atomic mass is 10.1. The van der Waals surface area contributed by atoms with Gasteiger partial charge in [0.05, 0.1) is 4.90 Å². The van der Waals surface area contributed by atoms with Gasteiger partial charge in [0, 0.05) is 49.0 Å². The van der Waals surface area contributed by atoms with Gasteiger partial charge in [-0.1, -0.05) is 0 Å². The van der Waals surface area contributed by atoms with Crippen LogP contribution in [0.4, 0.5) is 11.8 Å². The molecule has 0 atom stereocenters. The topological polar surface area (TPSA) is 69.6 Å². The second-order valence-electron chi connectivity index (χ2n) is 7.11. The molecule has 2 fully saturated rings. The van der Waals surface area contributed by atoms with E-state index in [1.807, 2.05) is 18.2 Å². The zero-order valence-electron chi connectivity index (χ0n) is 15.7. The van der Waals surface area contributed by atoms with Crippen LogP contribution in [-0.4, -0.2) is 62.0 Å². The zero-order chi connectivity index (χ0) is 19.6. The van der Waals surface area contributed by atoms with Gasteiger partial charge in [-0.3, -0.25) is 0 Å². The number of aromatic nitrogens is 2. The summed E-state index contributed by atoms with van der Waals surface area (Å²) in [6.45, 7) is 4.17. The van der Waals surface area contributed by atoms with Crippen molar-refractivity contribution in [3.05, 3.63) is 40.1 Å². The van der Waals surface area contributed by atoms with Crippen molar-refractivity contribution in [2.75, 3.05) is 49.1 Å². The molecule has 2 aliphatic heterocycles. The van der Waals surface area contributed by atoms with Crippen molar-refractivity contribution >= 4 is 44.4 Å². The fourth-order valence-corrected chi connectivity index (χ4v) is 5.46. The number of hydrogen-bond acceptors (Lipinski definition) is 6. The highest BCUT2D eigenvalue weighted by Crippen LogP contribution is 2.23. The van der Waals surface area contributed by atoms with E-state index < -0.39 is 10.0 Å². The van der Waals surface area contributed by atoms with Crippen molar-refractivity contribution in [3.63, 3.8) is 0 Å². The molecule has 0 bridgehead atoms. The summed E-state index contributed by atoms with van der Waals surface area (Å²) in [5, 5.41) is 0. The predicted octanol–water partition coefficient (Wildman–Crippen LogP) is 2.58. The Labute approximate surface area is 180 Å². The van der Waals surface area contributed by atoms with Crippen LogP contribution in [0.5, 0.6) is 0 Å². The average Bonchev–Trinajstić information content (AvgIpc) is 2.75. The molecule has 1 aromatic carbocycles. The van der Waals surface area contributed by atoms with E-state index in [4.69, 9.17) is 4.98 Å². The van der Waals surface area contributed by atoms with Crippen LogP contribution in [0.15, 0.2) is 41.4 Å². The van der Waals surface area contributed by atoms with Gasteiger partial charge >= 0.3 is 0 Å². The summed E-state index contributed by atoms with van der Waals surface area (Å²) in [6, 6.07) is 8.92. The SMILES string of the molecule is O=S(=O)(c1ccc(I)cc1)N1CCN(c2ccnc(N3CCCCC3)n2)CC1. The Hall–Kier alpha value is -1.46. The van der Waals surface area contributed by atoms with Crippen molar-refractivity contribution in [2.45, 2.75) is 24.2 Å². The van der Waals surface area contributed by atoms with E-state index in [1.54, 1.807) is 22.6 Å². The Morgan fingerprint density at radius 1 is 0.821 bits per heavy atom. The summed E-state index contributed by atoms with van der Waals surface area (Å²) in [4.78, 5) is 13.9. The summed E-state index contributed by atoms with van der Waals surface area (Å²) in [7, 11) is -3.45. The lowest BCUT2D eigenvalue weighted by Crippen LogP contribution is -2.49. The molecule has 0 aliphatic carbocycles. The number of benzene rings is 1. The highest BCUT2D eigenvalue weighted by Gasteiger charge is 2.29. The third-order valence-electron chi connectivity index (χ3n) is 5.28. The van der Waals surface area contributed by atoms with E-state index in [0.29, 0.717) is 31.1 Å². The Kier molecular flexibility index (Phi) is 6.02. The van der Waals surface area contributed by atoms with Gasteiger partial charge in [0.15, 0.2) is 0 Å². The first-order valence-electron chi connectivity index (χ1n) is 9.63. The number of hydrogen-bond donors (Lipinski definition) is 0. The lowest BCUT2D eigenvalue weighted by molar-refractivity contribution is 0.383. The summed E-state index contributed by atoms with van der Waals surface area (Å²) in [5.41, 5.74) is 0. The van der Waals surface area contributed by atoms with Gasteiger partial charge in [0.2, 0.25) is 16.0 Å². The number of anilines is 2. The summed E-state index contributed by atoms with van der Waals surface area (Å²) < 4.78 is 28.3. The molecule has 4 rings (SSSR count). The molecule has 0 amide bonds. The minimum absolute atomic E-state index is 0.357. The van der Waals surface area contributed by atoms with Crippen molar-refractivity contribution in [2.24, 2.45) is 0 Å². The van der Waals surface area contributed by atoms with Crippen LogP contribution in [-0.2, 0) is 10.0 Å². The predicted molar refractivity (Wildman–Crippen MR) is 118 cm³/mol. The minimum Gasteiger partial charge on any atom is -0.354 e. The first-order chi connectivity index (χ1) is 13.5. The average molecular weight is 513 g/mol. The van der Waals surface area contributed by atoms with E-state index in [2.05, 4.69) is 37.4 Å². The van der Waals surface area contributed by atoms with Crippen LogP contribution in [0.3, 0.4) is 0 Å². The molecule has 0 unspecified atom stereocenters. The summed E-state index contributed by atoms with van der Waals surface area (Å²) in [5.74, 6) is 1.66. The molecular formula is C19H24IN5O2S. The molecule has 150 valence electrons. The number of nitrogens with zero attached hydrogens (tertiary/aromatic N) is 5. The minimum atomic E-state index is -3.45. The maximum atomic E-state index is 12.9. The van der Waals surface area contributed by atoms with Crippen molar-refractivity contribution in [3.8, 4) is 0 Å². The van der Waals surface area contributed by atoms with Crippen molar-refractivity contribution in [1.29, 1.82) is 0 Å². The van der Waals surface area contributed by atoms with E-state index in [0.717, 1.165) is 28.4 Å². The molecular weight excluding hydrogens is 489 g/mol. The maximum Gasteiger partial charge on any atom is 0.243 e. The van der Waals surface area contributed by atoms with E-state index in [1.165, 1.54) is 19.3 Å². The fourth-order valence-electron chi connectivity index (χ4n) is 3.67. The van der Waals surface area contributed by atoms with E-state index >= 15 is 0 Å². The molecule has 0 radical (unpaired) electrons. The Balaban J connectivity index is 1.43. The van der Waals surface area contributed by atoms with Gasteiger partial charge in [-0.15, -0.1) is 0 Å². The number of piperazine rings is 1. The van der Waals surface area contributed by atoms with Crippen LogP contribution < -0.4 is 9.80 Å². The summed E-state index contributed by atoms with van der Waals surface area (Å²) >= 11 is 2.18. The normalized spacial score (nSPS) is 19.0. The molecule has 0 spiro atoms. The third kappa shape index (κ3) is 4.25. The standard InChI is InChI=1S/C19H24IN5O2S/c20-16-4-6-17(7-5-16)28(26,27)25-14-12-23(13-15-25)18-8-9-21-19(22-18)24-10-2-1-3-11-24/h4-9H,1-3,10-15H2. The van der Waals surface area contributed by atoms with Gasteiger partial charge in [0.1, 0.15) is 5.82 Å². The lowest BCUT2D eigenvalue weighted by Gasteiger charge is -2.35. The van der Waals surface area contributed by atoms with E-state index in [9.17, 15) is 8.42 Å². The van der Waals surface area contributed by atoms with Crippen molar-refractivity contribution in [1.82, 2.24) is 14.3 Å². The number of rotatable bonds is 4. The van der Waals surface area contributed by atoms with Gasteiger partial charge in [-0.2, -0.15) is 9.29 Å². The first kappa shape index (κ1) is 19.8. The van der Waals surface area contributed by atoms with Crippen LogP contribution in [0.2, 0.25) is 0 Å². The third-order valence-corrected chi connectivity index (χ3v) is 7.91. The monoisotopic (exact) mass is 513 g/mol. The second-order valence-corrected chi connectivity index (χ2v) is 10.3. The largest absolute Gasteiger partial charge is 0.354 e. The smallest absolute Gasteiger partial charge is 0.243 e. The van der Waals surface area contributed by atoms with Gasteiger partial charge in [0.25, 0.3) is 0 Å². The summed E-state index contributed by atoms with van der Waals surface area (Å²) in [6.07, 6.45) is 5.44. The van der Waals surface area contributed by atoms with Crippen molar-refractivity contribution < 1.29 is 8.42 Å². The quantitative estimate of drug-likeness (QED) is 0.586. The molecule has 0 saturated carbocycles. The van der Waals surface area contributed by atoms with E-state index in [-0.39, 0.29) is 0 Å². The Bertz CT molecular complexity index is 908. The molecule has 9 heteroatoms. The van der Waals surface area contributed by atoms with Crippen LogP contribution in [0.1, 0.15) is 19.3 Å². The first-order valence-corrected chi connectivity index (χ1v) is 12.1. The number of piperidine rings is 1. The fraction of sp³-hybridized carbons (Fsp3) is 0.474. The van der Waals surface area contributed by atoms with Crippen LogP contribution in [0, 0.1) is 3.57 Å². The number of halogens is 1. The number of sulfonamides is 1. The molecule has 2 saturated heterocycles. The highest BCUT2D eigenvalue weighted by molar-refractivity contribution is 14.1. The molecule has 7 nitrogen and oxygen atoms in total. The molecule has 3 heterocycles. The Morgan fingerprint density at radius 2 is 1.50 bits per heavy atom. The van der Waals surface area contributed by atoms with Crippen LogP contribution in [0.25, 0.3) is 0 Å². The molecule has 2 aliphatic rings. The zero-order valence-corrected chi connectivity index (χ0v) is 18.6. The van der Waals surface area contributed by atoms with Gasteiger partial charge in [-0.25, -0.2) is 13.4 Å². The maximum absolute atomic E-state index is 12.9. The highest BCUT2D eigenvalue weighted by atomic mass is 127.